The van der Waals surface area contributed by atoms with Crippen LogP contribution in [0.2, 0.25) is 0 Å². The van der Waals surface area contributed by atoms with Gasteiger partial charge in [-0.05, 0) is 31.9 Å². The molecule has 0 aliphatic heterocycles. The number of hydrogen-bond acceptors (Lipinski definition) is 3. The van der Waals surface area contributed by atoms with Gasteiger partial charge in [0, 0.05) is 0 Å². The van der Waals surface area contributed by atoms with Crippen LogP contribution in [0.15, 0.2) is 41.8 Å². The highest BCUT2D eigenvalue weighted by Crippen LogP contribution is 2.12. The summed E-state index contributed by atoms with van der Waals surface area (Å²) in [6.07, 6.45) is 2.15. The lowest BCUT2D eigenvalue weighted by molar-refractivity contribution is -0.139. The quantitative estimate of drug-likeness (QED) is 0.746. The van der Waals surface area contributed by atoms with E-state index in [4.69, 9.17) is 5.11 Å². The highest BCUT2D eigenvalue weighted by molar-refractivity contribution is 7.89. The van der Waals surface area contributed by atoms with Crippen LogP contribution in [-0.2, 0) is 14.8 Å². The van der Waals surface area contributed by atoms with E-state index in [1.165, 1.54) is 12.1 Å². The zero-order valence-electron chi connectivity index (χ0n) is 10.7. The van der Waals surface area contributed by atoms with E-state index in [1.807, 2.05) is 6.92 Å². The number of carboxylic acids is 1. The first-order chi connectivity index (χ1) is 8.86. The number of carboxylic acid groups (broad SMARTS) is 1. The molecule has 104 valence electrons. The van der Waals surface area contributed by atoms with Gasteiger partial charge in [0.05, 0.1) is 4.90 Å². The third kappa shape index (κ3) is 4.50. The van der Waals surface area contributed by atoms with Crippen LogP contribution in [0.5, 0.6) is 0 Å². The first kappa shape index (κ1) is 15.4. The van der Waals surface area contributed by atoms with Crippen molar-refractivity contribution < 1.29 is 18.3 Å². The van der Waals surface area contributed by atoms with Crippen molar-refractivity contribution in [1.29, 1.82) is 0 Å². The normalized spacial score (nSPS) is 12.9. The molecule has 0 radical (unpaired) electrons. The number of allylic oxidation sites excluding steroid dienone is 1. The predicted octanol–water partition coefficient (Wildman–Crippen LogP) is 1.69. The van der Waals surface area contributed by atoms with E-state index in [1.54, 1.807) is 18.2 Å². The van der Waals surface area contributed by atoms with Gasteiger partial charge in [-0.15, -0.1) is 6.58 Å². The maximum absolute atomic E-state index is 12.0. The van der Waals surface area contributed by atoms with Gasteiger partial charge < -0.3 is 5.11 Å². The molecule has 1 unspecified atom stereocenters. The number of rotatable bonds is 7. The molecule has 6 heteroatoms. The minimum Gasteiger partial charge on any atom is -0.480 e. The molecule has 5 nitrogen and oxygen atoms in total. The molecule has 0 aliphatic rings. The van der Waals surface area contributed by atoms with Crippen molar-refractivity contribution in [3.63, 3.8) is 0 Å². The molecule has 0 aliphatic carbocycles. The standard InChI is InChI=1S/C13H17NO4S/c1-3-4-5-12(13(15)16)14-19(17,18)11-8-6-10(2)7-9-11/h3,6-9,12,14H,1,4-5H2,2H3,(H,15,16). The second-order valence-corrected chi connectivity index (χ2v) is 5.91. The summed E-state index contributed by atoms with van der Waals surface area (Å²) in [7, 11) is -3.82. The van der Waals surface area contributed by atoms with Crippen molar-refractivity contribution in [2.45, 2.75) is 30.7 Å². The summed E-state index contributed by atoms with van der Waals surface area (Å²) in [5.41, 5.74) is 0.931. The van der Waals surface area contributed by atoms with E-state index >= 15 is 0 Å². The third-order valence-corrected chi connectivity index (χ3v) is 4.07. The van der Waals surface area contributed by atoms with Crippen molar-refractivity contribution in [2.75, 3.05) is 0 Å². The predicted molar refractivity (Wildman–Crippen MR) is 72.4 cm³/mol. The fourth-order valence-electron chi connectivity index (χ4n) is 1.49. The Morgan fingerprint density at radius 1 is 1.42 bits per heavy atom. The van der Waals surface area contributed by atoms with E-state index in [0.29, 0.717) is 6.42 Å². The van der Waals surface area contributed by atoms with Crippen LogP contribution in [0.25, 0.3) is 0 Å². The van der Waals surface area contributed by atoms with Gasteiger partial charge in [-0.1, -0.05) is 23.8 Å². The molecule has 1 aromatic rings. The number of nitrogens with one attached hydrogen (secondary N) is 1. The molecule has 0 bridgehead atoms. The molecule has 0 saturated heterocycles. The summed E-state index contributed by atoms with van der Waals surface area (Å²) >= 11 is 0. The first-order valence-corrected chi connectivity index (χ1v) is 7.28. The molecular formula is C13H17NO4S. The number of carbonyl (C=O) groups is 1. The molecule has 0 heterocycles. The Morgan fingerprint density at radius 2 is 2.00 bits per heavy atom. The van der Waals surface area contributed by atoms with Crippen LogP contribution in [0, 0.1) is 6.92 Å². The van der Waals surface area contributed by atoms with E-state index in [0.717, 1.165) is 5.56 Å². The Hall–Kier alpha value is -1.66. The van der Waals surface area contributed by atoms with Gasteiger partial charge in [-0.3, -0.25) is 4.79 Å². The number of aryl methyl sites for hydroxylation is 1. The maximum atomic E-state index is 12.0. The SMILES string of the molecule is C=CCCC(NS(=O)(=O)c1ccc(C)cc1)C(=O)O. The van der Waals surface area contributed by atoms with Crippen molar-refractivity contribution in [1.82, 2.24) is 4.72 Å². The molecule has 19 heavy (non-hydrogen) atoms. The van der Waals surface area contributed by atoms with Gasteiger partial charge in [0.2, 0.25) is 10.0 Å². The molecule has 0 fully saturated rings. The van der Waals surface area contributed by atoms with E-state index < -0.39 is 22.0 Å². The average molecular weight is 283 g/mol. The zero-order chi connectivity index (χ0) is 14.5. The van der Waals surface area contributed by atoms with Crippen LogP contribution in [-0.4, -0.2) is 25.5 Å². The topological polar surface area (TPSA) is 83.5 Å². The Morgan fingerprint density at radius 3 is 2.47 bits per heavy atom. The third-order valence-electron chi connectivity index (χ3n) is 2.59. The smallest absolute Gasteiger partial charge is 0.321 e. The molecule has 0 saturated carbocycles. The van der Waals surface area contributed by atoms with Gasteiger partial charge >= 0.3 is 5.97 Å². The lowest BCUT2D eigenvalue weighted by atomic mass is 10.2. The van der Waals surface area contributed by atoms with Gasteiger partial charge in [-0.2, -0.15) is 4.72 Å². The number of benzene rings is 1. The maximum Gasteiger partial charge on any atom is 0.321 e. The number of hydrogen-bond donors (Lipinski definition) is 2. The zero-order valence-corrected chi connectivity index (χ0v) is 11.5. The molecule has 1 aromatic carbocycles. The molecular weight excluding hydrogens is 266 g/mol. The highest BCUT2D eigenvalue weighted by Gasteiger charge is 2.24. The summed E-state index contributed by atoms with van der Waals surface area (Å²) in [5, 5.41) is 8.99. The van der Waals surface area contributed by atoms with Crippen LogP contribution in [0.4, 0.5) is 0 Å². The van der Waals surface area contributed by atoms with Crippen LogP contribution in [0.3, 0.4) is 0 Å². The van der Waals surface area contributed by atoms with Crippen LogP contribution < -0.4 is 4.72 Å². The first-order valence-electron chi connectivity index (χ1n) is 5.79. The largest absolute Gasteiger partial charge is 0.480 e. The Bertz CT molecular complexity index is 549. The number of aliphatic carboxylic acids is 1. The fourth-order valence-corrected chi connectivity index (χ4v) is 2.71. The highest BCUT2D eigenvalue weighted by atomic mass is 32.2. The second-order valence-electron chi connectivity index (χ2n) is 4.19. The van der Waals surface area contributed by atoms with E-state index in [2.05, 4.69) is 11.3 Å². The van der Waals surface area contributed by atoms with Crippen molar-refractivity contribution in [2.24, 2.45) is 0 Å². The summed E-state index contributed by atoms with van der Waals surface area (Å²) in [6, 6.07) is 5.07. The average Bonchev–Trinajstić information content (AvgIpc) is 2.34. The lowest BCUT2D eigenvalue weighted by Gasteiger charge is -2.14. The van der Waals surface area contributed by atoms with Gasteiger partial charge in [-0.25, -0.2) is 8.42 Å². The lowest BCUT2D eigenvalue weighted by Crippen LogP contribution is -2.40. The minimum atomic E-state index is -3.82. The van der Waals surface area contributed by atoms with Crippen molar-refractivity contribution in [3.05, 3.63) is 42.5 Å². The van der Waals surface area contributed by atoms with Gasteiger partial charge in [0.1, 0.15) is 6.04 Å². The molecule has 1 rings (SSSR count). The van der Waals surface area contributed by atoms with Gasteiger partial charge in [0.25, 0.3) is 0 Å². The second kappa shape index (κ2) is 6.49. The fraction of sp³-hybridized carbons (Fsp3) is 0.308. The van der Waals surface area contributed by atoms with Crippen molar-refractivity contribution >= 4 is 16.0 Å². The van der Waals surface area contributed by atoms with Crippen LogP contribution in [0.1, 0.15) is 18.4 Å². The Balaban J connectivity index is 2.90. The summed E-state index contributed by atoms with van der Waals surface area (Å²) in [6.45, 7) is 5.33. The van der Waals surface area contributed by atoms with Crippen molar-refractivity contribution in [3.8, 4) is 0 Å². The molecule has 1 atom stereocenters. The van der Waals surface area contributed by atoms with E-state index in [9.17, 15) is 13.2 Å². The summed E-state index contributed by atoms with van der Waals surface area (Å²) in [5.74, 6) is -1.20. The minimum absolute atomic E-state index is 0.0583. The molecule has 0 aromatic heterocycles. The Kier molecular flexibility index (Phi) is 5.26. The number of sulfonamides is 1. The molecule has 0 spiro atoms. The Labute approximate surface area is 113 Å². The van der Waals surface area contributed by atoms with Gasteiger partial charge in [0.15, 0.2) is 0 Å². The molecule has 2 N–H and O–H groups in total. The van der Waals surface area contributed by atoms with E-state index in [-0.39, 0.29) is 11.3 Å². The summed E-state index contributed by atoms with van der Waals surface area (Å²) < 4.78 is 26.2. The van der Waals surface area contributed by atoms with Crippen LogP contribution >= 0.6 is 0 Å². The molecule has 0 amide bonds. The monoisotopic (exact) mass is 283 g/mol. The summed E-state index contributed by atoms with van der Waals surface area (Å²) in [4.78, 5) is 11.1.